The van der Waals surface area contributed by atoms with Gasteiger partial charge < -0.3 is 9.47 Å². The molecule has 2 aromatic carbocycles. The topological polar surface area (TPSA) is 52.8 Å². The second kappa shape index (κ2) is 5.07. The maximum absolute atomic E-state index is 12.7. The fourth-order valence-electron chi connectivity index (χ4n) is 2.91. The highest BCUT2D eigenvalue weighted by molar-refractivity contribution is 7.15. The summed E-state index contributed by atoms with van der Waals surface area (Å²) in [6.07, 6.45) is 1.87. The summed E-state index contributed by atoms with van der Waals surface area (Å²) in [5.41, 5.74) is 2.55. The quantitative estimate of drug-likeness (QED) is 0.535. The van der Waals surface area contributed by atoms with Crippen molar-refractivity contribution in [2.75, 3.05) is 13.2 Å². The minimum Gasteiger partial charge on any atom is -0.486 e. The van der Waals surface area contributed by atoms with Crippen LogP contribution in [-0.2, 0) is 0 Å². The standard InChI is InChI=1S/C18H12N2O3S/c21-17-16(10-11-5-6-14-15(9-11)23-8-7-22-14)24-18-19-12-3-1-2-4-13(12)20(17)18/h1-6,9-10H,7-8H2/b16-10-. The molecule has 0 saturated carbocycles. The van der Waals surface area contributed by atoms with Crippen LogP contribution in [0.3, 0.4) is 0 Å². The monoisotopic (exact) mass is 336 g/mol. The smallest absolute Gasteiger partial charge is 0.274 e. The first-order chi connectivity index (χ1) is 11.8. The molecule has 0 aliphatic carbocycles. The van der Waals surface area contributed by atoms with Crippen molar-refractivity contribution >= 4 is 33.4 Å². The SMILES string of the molecule is O=c1/c(=C/c2ccc3c(c2)OCCO3)sc2nc3ccccc3n12. The molecule has 0 fully saturated rings. The third-order valence-corrected chi connectivity index (χ3v) is 4.98. The van der Waals surface area contributed by atoms with Gasteiger partial charge in [0.05, 0.1) is 15.6 Å². The molecule has 0 radical (unpaired) electrons. The van der Waals surface area contributed by atoms with E-state index >= 15 is 0 Å². The van der Waals surface area contributed by atoms with Gasteiger partial charge in [-0.25, -0.2) is 9.38 Å². The molecule has 0 spiro atoms. The number of hydrogen-bond acceptors (Lipinski definition) is 5. The van der Waals surface area contributed by atoms with Gasteiger partial charge in [-0.05, 0) is 35.9 Å². The Hall–Kier alpha value is -2.86. The van der Waals surface area contributed by atoms with Crippen LogP contribution in [0, 0.1) is 0 Å². The van der Waals surface area contributed by atoms with Gasteiger partial charge in [0.1, 0.15) is 13.2 Å². The Kier molecular flexibility index (Phi) is 2.87. The molecule has 6 heteroatoms. The molecule has 0 bridgehead atoms. The molecule has 0 unspecified atom stereocenters. The van der Waals surface area contributed by atoms with Crippen LogP contribution in [-0.4, -0.2) is 22.6 Å². The van der Waals surface area contributed by atoms with E-state index in [2.05, 4.69) is 4.98 Å². The summed E-state index contributed by atoms with van der Waals surface area (Å²) in [6.45, 7) is 1.11. The third kappa shape index (κ3) is 2.00. The minimum absolute atomic E-state index is 0.0430. The Morgan fingerprint density at radius 3 is 2.83 bits per heavy atom. The summed E-state index contributed by atoms with van der Waals surface area (Å²) >= 11 is 1.39. The zero-order chi connectivity index (χ0) is 16.1. The first-order valence-corrected chi connectivity index (χ1v) is 8.43. The van der Waals surface area contributed by atoms with Gasteiger partial charge in [-0.3, -0.25) is 4.79 Å². The number of imidazole rings is 1. The highest BCUT2D eigenvalue weighted by atomic mass is 32.1. The summed E-state index contributed by atoms with van der Waals surface area (Å²) in [4.78, 5) is 18.0. The zero-order valence-electron chi connectivity index (χ0n) is 12.6. The van der Waals surface area contributed by atoms with Gasteiger partial charge in [0.15, 0.2) is 16.5 Å². The van der Waals surface area contributed by atoms with Crippen LogP contribution in [0.1, 0.15) is 5.56 Å². The molecule has 0 saturated heterocycles. The highest BCUT2D eigenvalue weighted by Gasteiger charge is 2.13. The first-order valence-electron chi connectivity index (χ1n) is 7.61. The number of hydrogen-bond donors (Lipinski definition) is 0. The third-order valence-electron chi connectivity index (χ3n) is 4.01. The maximum atomic E-state index is 12.7. The van der Waals surface area contributed by atoms with Crippen molar-refractivity contribution in [1.82, 2.24) is 9.38 Å². The maximum Gasteiger partial charge on any atom is 0.274 e. The number of rotatable bonds is 1. The van der Waals surface area contributed by atoms with Crippen molar-refractivity contribution in [1.29, 1.82) is 0 Å². The van der Waals surface area contributed by atoms with Crippen LogP contribution in [0.15, 0.2) is 47.3 Å². The molecule has 0 N–H and O–H groups in total. The lowest BCUT2D eigenvalue weighted by atomic mass is 10.2. The Bertz CT molecular complexity index is 1190. The second-order valence-corrected chi connectivity index (χ2v) is 6.55. The zero-order valence-corrected chi connectivity index (χ0v) is 13.4. The molecule has 2 aromatic heterocycles. The number of ether oxygens (including phenoxy) is 2. The average molecular weight is 336 g/mol. The van der Waals surface area contributed by atoms with Gasteiger partial charge in [0.2, 0.25) is 0 Å². The van der Waals surface area contributed by atoms with Crippen LogP contribution in [0.5, 0.6) is 11.5 Å². The Labute approximate surface area is 140 Å². The normalized spacial score (nSPS) is 14.6. The van der Waals surface area contributed by atoms with Crippen LogP contribution in [0.25, 0.3) is 22.1 Å². The van der Waals surface area contributed by atoms with E-state index in [1.165, 1.54) is 11.3 Å². The fraction of sp³-hybridized carbons (Fsp3) is 0.111. The molecule has 0 amide bonds. The molecule has 118 valence electrons. The van der Waals surface area contributed by atoms with Crippen molar-refractivity contribution < 1.29 is 9.47 Å². The van der Waals surface area contributed by atoms with Crippen LogP contribution in [0.4, 0.5) is 0 Å². The number of para-hydroxylation sites is 2. The molecular weight excluding hydrogens is 324 g/mol. The van der Waals surface area contributed by atoms with E-state index in [9.17, 15) is 4.79 Å². The minimum atomic E-state index is -0.0430. The average Bonchev–Trinajstić information content (AvgIpc) is 3.12. The Balaban J connectivity index is 1.70. The molecule has 1 aliphatic heterocycles. The molecule has 24 heavy (non-hydrogen) atoms. The molecule has 4 aromatic rings. The van der Waals surface area contributed by atoms with Crippen molar-refractivity contribution in [2.45, 2.75) is 0 Å². The van der Waals surface area contributed by atoms with Crippen molar-refractivity contribution in [3.63, 3.8) is 0 Å². The lowest BCUT2D eigenvalue weighted by Gasteiger charge is -2.18. The summed E-state index contributed by atoms with van der Waals surface area (Å²) in [7, 11) is 0. The molecule has 5 rings (SSSR count). The first kappa shape index (κ1) is 13.6. The molecule has 5 nitrogen and oxygen atoms in total. The number of aromatic nitrogens is 2. The number of thiazole rings is 1. The van der Waals surface area contributed by atoms with Gasteiger partial charge in [-0.15, -0.1) is 0 Å². The summed E-state index contributed by atoms with van der Waals surface area (Å²) < 4.78 is 13.4. The van der Waals surface area contributed by atoms with Gasteiger partial charge in [0.25, 0.3) is 5.56 Å². The summed E-state index contributed by atoms with van der Waals surface area (Å²) in [5, 5.41) is 0. The van der Waals surface area contributed by atoms with E-state index in [-0.39, 0.29) is 5.56 Å². The van der Waals surface area contributed by atoms with Crippen molar-refractivity contribution in [3.8, 4) is 11.5 Å². The predicted octanol–water partition coefficient (Wildman–Crippen LogP) is 2.23. The van der Waals surface area contributed by atoms with Gasteiger partial charge in [-0.2, -0.15) is 0 Å². The molecular formula is C18H12N2O3S. The van der Waals surface area contributed by atoms with Crippen molar-refractivity contribution in [3.05, 3.63) is 62.9 Å². The van der Waals surface area contributed by atoms with Gasteiger partial charge in [-0.1, -0.05) is 29.5 Å². The number of benzene rings is 2. The molecule has 0 atom stereocenters. The lowest BCUT2D eigenvalue weighted by molar-refractivity contribution is 0.171. The van der Waals surface area contributed by atoms with E-state index < -0.39 is 0 Å². The van der Waals surface area contributed by atoms with Crippen molar-refractivity contribution in [2.24, 2.45) is 0 Å². The summed E-state index contributed by atoms with van der Waals surface area (Å²) in [6, 6.07) is 13.4. The van der Waals surface area contributed by atoms with Crippen LogP contribution in [0.2, 0.25) is 0 Å². The number of nitrogens with zero attached hydrogens (tertiary/aromatic N) is 2. The van der Waals surface area contributed by atoms with Crippen LogP contribution < -0.4 is 19.6 Å². The van der Waals surface area contributed by atoms with E-state index in [4.69, 9.17) is 9.47 Å². The Morgan fingerprint density at radius 1 is 1.08 bits per heavy atom. The predicted molar refractivity (Wildman–Crippen MR) is 93.1 cm³/mol. The van der Waals surface area contributed by atoms with E-state index in [0.29, 0.717) is 28.5 Å². The summed E-state index contributed by atoms with van der Waals surface area (Å²) in [5.74, 6) is 1.46. The van der Waals surface area contributed by atoms with E-state index in [1.54, 1.807) is 4.40 Å². The molecule has 1 aliphatic rings. The molecule has 3 heterocycles. The lowest BCUT2D eigenvalue weighted by Crippen LogP contribution is -2.22. The van der Waals surface area contributed by atoms with Crippen LogP contribution >= 0.6 is 11.3 Å². The van der Waals surface area contributed by atoms with Gasteiger partial charge in [0, 0.05) is 0 Å². The van der Waals surface area contributed by atoms with E-state index in [0.717, 1.165) is 22.3 Å². The largest absolute Gasteiger partial charge is 0.486 e. The Morgan fingerprint density at radius 2 is 1.92 bits per heavy atom. The fourth-order valence-corrected chi connectivity index (χ4v) is 3.90. The highest BCUT2D eigenvalue weighted by Crippen LogP contribution is 2.30. The van der Waals surface area contributed by atoms with Gasteiger partial charge >= 0.3 is 0 Å². The number of fused-ring (bicyclic) bond motifs is 4. The van der Waals surface area contributed by atoms with E-state index in [1.807, 2.05) is 48.5 Å². The second-order valence-electron chi connectivity index (χ2n) is 5.54.